The van der Waals surface area contributed by atoms with E-state index in [1.165, 1.54) is 0 Å². The third kappa shape index (κ3) is 2.90. The lowest BCUT2D eigenvalue weighted by atomic mass is 10.2. The van der Waals surface area contributed by atoms with Crippen molar-refractivity contribution in [1.29, 1.82) is 0 Å². The largest absolute Gasteiger partial charge is 0.349 e. The molecule has 6 heteroatoms. The number of aryl methyl sites for hydroxylation is 1. The average molecular weight is 295 g/mol. The second kappa shape index (κ2) is 6.26. The maximum atomic E-state index is 11.9. The number of H-pyrrole nitrogens is 1. The predicted octanol–water partition coefficient (Wildman–Crippen LogP) is 2.01. The molecular formula is C16H17N5O. The van der Waals surface area contributed by atoms with Crippen molar-refractivity contribution in [3.8, 4) is 11.4 Å². The molecule has 0 aliphatic heterocycles. The Kier molecular flexibility index (Phi) is 4.00. The molecule has 0 unspecified atom stereocenters. The van der Waals surface area contributed by atoms with Crippen LogP contribution in [0.15, 0.2) is 48.8 Å². The van der Waals surface area contributed by atoms with Crippen LogP contribution in [0.3, 0.4) is 0 Å². The highest BCUT2D eigenvalue weighted by Crippen LogP contribution is 2.18. The van der Waals surface area contributed by atoms with Crippen molar-refractivity contribution in [2.45, 2.75) is 13.5 Å². The van der Waals surface area contributed by atoms with Crippen molar-refractivity contribution in [2.24, 2.45) is 0 Å². The minimum Gasteiger partial charge on any atom is -0.349 e. The number of hydrogen-bond donors (Lipinski definition) is 2. The van der Waals surface area contributed by atoms with Crippen LogP contribution in [0.2, 0.25) is 0 Å². The summed E-state index contributed by atoms with van der Waals surface area (Å²) in [6.07, 6.45) is 3.40. The molecule has 0 fully saturated rings. The summed E-state index contributed by atoms with van der Waals surface area (Å²) in [5.41, 5.74) is 2.59. The summed E-state index contributed by atoms with van der Waals surface area (Å²) >= 11 is 0. The molecule has 0 atom stereocenters. The first kappa shape index (κ1) is 14.1. The molecule has 2 N–H and O–H groups in total. The summed E-state index contributed by atoms with van der Waals surface area (Å²) < 4.78 is 2.10. The Hall–Kier alpha value is -2.89. The third-order valence-corrected chi connectivity index (χ3v) is 3.45. The molecule has 0 aliphatic rings. The van der Waals surface area contributed by atoms with Crippen LogP contribution in [0.4, 0.5) is 0 Å². The molecule has 0 bridgehead atoms. The van der Waals surface area contributed by atoms with Gasteiger partial charge in [-0.2, -0.15) is 5.10 Å². The van der Waals surface area contributed by atoms with E-state index < -0.39 is 0 Å². The zero-order valence-electron chi connectivity index (χ0n) is 12.3. The fraction of sp³-hybridized carbons (Fsp3) is 0.188. The van der Waals surface area contributed by atoms with Crippen LogP contribution in [0.5, 0.6) is 0 Å². The molecule has 1 amide bonds. The number of carbonyl (C=O) groups excluding carboxylic acids is 1. The molecule has 2 heterocycles. The number of benzene rings is 1. The molecule has 0 saturated carbocycles. The summed E-state index contributed by atoms with van der Waals surface area (Å²) in [4.78, 5) is 16.3. The quantitative estimate of drug-likeness (QED) is 0.756. The Balaban J connectivity index is 1.68. The highest BCUT2D eigenvalue weighted by molar-refractivity contribution is 5.92. The summed E-state index contributed by atoms with van der Waals surface area (Å²) in [6, 6.07) is 11.7. The molecule has 112 valence electrons. The Morgan fingerprint density at radius 1 is 1.27 bits per heavy atom. The second-order valence-corrected chi connectivity index (χ2v) is 4.97. The summed E-state index contributed by atoms with van der Waals surface area (Å²) in [5.74, 6) is 0.755. The molecule has 22 heavy (non-hydrogen) atoms. The maximum Gasteiger partial charge on any atom is 0.269 e. The second-order valence-electron chi connectivity index (χ2n) is 4.97. The van der Waals surface area contributed by atoms with Crippen LogP contribution in [0, 0.1) is 6.92 Å². The summed E-state index contributed by atoms with van der Waals surface area (Å²) in [6.45, 7) is 3.20. The van der Waals surface area contributed by atoms with Crippen LogP contribution in [0.25, 0.3) is 11.4 Å². The number of hydrogen-bond acceptors (Lipinski definition) is 3. The zero-order chi connectivity index (χ0) is 15.4. The van der Waals surface area contributed by atoms with Gasteiger partial charge in [-0.1, -0.05) is 30.3 Å². The van der Waals surface area contributed by atoms with E-state index in [-0.39, 0.29) is 5.91 Å². The number of nitrogens with one attached hydrogen (secondary N) is 2. The lowest BCUT2D eigenvalue weighted by Crippen LogP contribution is -2.28. The van der Waals surface area contributed by atoms with E-state index in [2.05, 4.69) is 25.1 Å². The van der Waals surface area contributed by atoms with Crippen molar-refractivity contribution in [3.63, 3.8) is 0 Å². The van der Waals surface area contributed by atoms with Crippen LogP contribution in [0.1, 0.15) is 16.2 Å². The highest BCUT2D eigenvalue weighted by atomic mass is 16.1. The number of nitrogens with zero attached hydrogens (tertiary/aromatic N) is 3. The number of aromatic nitrogens is 4. The first-order chi connectivity index (χ1) is 10.8. The molecule has 2 aromatic heterocycles. The fourth-order valence-corrected chi connectivity index (χ4v) is 2.32. The van der Waals surface area contributed by atoms with Gasteiger partial charge in [0.2, 0.25) is 0 Å². The van der Waals surface area contributed by atoms with Gasteiger partial charge in [-0.05, 0) is 13.0 Å². The van der Waals surface area contributed by atoms with Crippen molar-refractivity contribution >= 4 is 5.91 Å². The third-order valence-electron chi connectivity index (χ3n) is 3.45. The standard InChI is InChI=1S/C16H17N5O/c1-12-11-18-15(13-5-3-2-4-6-13)21(12)10-9-17-16(22)14-7-8-19-20-14/h2-8,11H,9-10H2,1H3,(H,17,22)(H,19,20). The van der Waals surface area contributed by atoms with Gasteiger partial charge in [0.25, 0.3) is 5.91 Å². The van der Waals surface area contributed by atoms with Gasteiger partial charge >= 0.3 is 0 Å². The Morgan fingerprint density at radius 3 is 2.82 bits per heavy atom. The highest BCUT2D eigenvalue weighted by Gasteiger charge is 2.10. The van der Waals surface area contributed by atoms with Gasteiger partial charge in [0.15, 0.2) is 0 Å². The number of amides is 1. The molecule has 3 aromatic rings. The fourth-order valence-electron chi connectivity index (χ4n) is 2.32. The first-order valence-electron chi connectivity index (χ1n) is 7.11. The number of aromatic amines is 1. The predicted molar refractivity (Wildman–Crippen MR) is 83.3 cm³/mol. The van der Waals surface area contributed by atoms with Crippen molar-refractivity contribution in [2.75, 3.05) is 6.54 Å². The van der Waals surface area contributed by atoms with E-state index in [0.29, 0.717) is 18.8 Å². The molecule has 1 aromatic carbocycles. The normalized spacial score (nSPS) is 10.6. The topological polar surface area (TPSA) is 75.6 Å². The van der Waals surface area contributed by atoms with Crippen LogP contribution < -0.4 is 5.32 Å². The molecule has 0 spiro atoms. The Labute approximate surface area is 128 Å². The Morgan fingerprint density at radius 2 is 2.09 bits per heavy atom. The molecule has 0 saturated heterocycles. The van der Waals surface area contributed by atoms with Gasteiger partial charge in [-0.25, -0.2) is 4.98 Å². The molecule has 3 rings (SSSR count). The van der Waals surface area contributed by atoms with E-state index in [9.17, 15) is 4.79 Å². The zero-order valence-corrected chi connectivity index (χ0v) is 12.3. The van der Waals surface area contributed by atoms with E-state index in [1.807, 2.05) is 43.5 Å². The number of imidazole rings is 1. The van der Waals surface area contributed by atoms with Gasteiger partial charge < -0.3 is 9.88 Å². The van der Waals surface area contributed by atoms with Gasteiger partial charge in [-0.3, -0.25) is 9.89 Å². The smallest absolute Gasteiger partial charge is 0.269 e. The SMILES string of the molecule is Cc1cnc(-c2ccccc2)n1CCNC(=O)c1ccn[nH]1. The van der Waals surface area contributed by atoms with Crippen molar-refractivity contribution < 1.29 is 4.79 Å². The number of rotatable bonds is 5. The van der Waals surface area contributed by atoms with E-state index in [4.69, 9.17) is 0 Å². The lowest BCUT2D eigenvalue weighted by Gasteiger charge is -2.11. The van der Waals surface area contributed by atoms with Crippen LogP contribution in [-0.2, 0) is 6.54 Å². The molecule has 0 radical (unpaired) electrons. The van der Waals surface area contributed by atoms with Crippen molar-refractivity contribution in [3.05, 3.63) is 60.2 Å². The van der Waals surface area contributed by atoms with Crippen LogP contribution in [-0.4, -0.2) is 32.2 Å². The van der Waals surface area contributed by atoms with E-state index in [0.717, 1.165) is 17.1 Å². The minimum atomic E-state index is -0.156. The lowest BCUT2D eigenvalue weighted by molar-refractivity contribution is 0.0947. The molecule has 6 nitrogen and oxygen atoms in total. The average Bonchev–Trinajstić information content (AvgIpc) is 3.19. The van der Waals surface area contributed by atoms with E-state index >= 15 is 0 Å². The van der Waals surface area contributed by atoms with Gasteiger partial charge in [0, 0.05) is 36.7 Å². The van der Waals surface area contributed by atoms with Gasteiger partial charge in [0.1, 0.15) is 11.5 Å². The summed E-state index contributed by atoms with van der Waals surface area (Å²) in [7, 11) is 0. The maximum absolute atomic E-state index is 11.9. The number of carbonyl (C=O) groups is 1. The summed E-state index contributed by atoms with van der Waals surface area (Å²) in [5, 5.41) is 9.29. The molecular weight excluding hydrogens is 278 g/mol. The van der Waals surface area contributed by atoms with Gasteiger partial charge in [0.05, 0.1) is 0 Å². The first-order valence-corrected chi connectivity index (χ1v) is 7.11. The van der Waals surface area contributed by atoms with Crippen molar-refractivity contribution in [1.82, 2.24) is 25.1 Å². The van der Waals surface area contributed by atoms with Gasteiger partial charge in [-0.15, -0.1) is 0 Å². The minimum absolute atomic E-state index is 0.156. The molecule has 0 aliphatic carbocycles. The Bertz CT molecular complexity index is 746. The van der Waals surface area contributed by atoms with Crippen LogP contribution >= 0.6 is 0 Å². The van der Waals surface area contributed by atoms with E-state index in [1.54, 1.807) is 12.3 Å². The monoisotopic (exact) mass is 295 g/mol.